The van der Waals surface area contributed by atoms with Crippen LogP contribution in [0.2, 0.25) is 0 Å². The lowest BCUT2D eigenvalue weighted by Gasteiger charge is -2.15. The Kier molecular flexibility index (Phi) is 6.42. The first-order valence-electron chi connectivity index (χ1n) is 8.49. The van der Waals surface area contributed by atoms with Gasteiger partial charge in [-0.1, -0.05) is 56.3 Å². The predicted octanol–water partition coefficient (Wildman–Crippen LogP) is 4.31. The molecule has 1 amide bonds. The third kappa shape index (κ3) is 4.85. The fraction of sp³-hybridized carbons (Fsp3) is 0.381. The molecule has 0 heterocycles. The van der Waals surface area contributed by atoms with Crippen LogP contribution in [-0.4, -0.2) is 13.0 Å². The third-order valence-corrected chi connectivity index (χ3v) is 4.16. The first-order valence-corrected chi connectivity index (χ1v) is 8.49. The largest absolute Gasteiger partial charge is 0.496 e. The molecule has 0 fully saturated rings. The summed E-state index contributed by atoms with van der Waals surface area (Å²) in [5.41, 5.74) is 3.34. The Labute approximate surface area is 145 Å². The van der Waals surface area contributed by atoms with Crippen LogP contribution in [0.25, 0.3) is 0 Å². The molecule has 1 N–H and O–H groups in total. The van der Waals surface area contributed by atoms with Gasteiger partial charge in [-0.2, -0.15) is 0 Å². The minimum atomic E-state index is -0.173. The number of ether oxygens (including phenoxy) is 1. The van der Waals surface area contributed by atoms with Crippen LogP contribution in [0, 0.1) is 5.92 Å². The van der Waals surface area contributed by atoms with Gasteiger partial charge in [0.2, 0.25) is 5.91 Å². The van der Waals surface area contributed by atoms with Gasteiger partial charge in [-0.25, -0.2) is 0 Å². The number of amides is 1. The standard InChI is InChI=1S/C21H27NO2/c1-15(2)13-17-9-11-18(12-10-17)16(3)21(23)22-14-19-7-5-6-8-20(19)24-4/h5-12,15-16H,13-14H2,1-4H3,(H,22,23). The quantitative estimate of drug-likeness (QED) is 0.823. The Balaban J connectivity index is 1.96. The maximum Gasteiger partial charge on any atom is 0.227 e. The molecule has 3 nitrogen and oxygen atoms in total. The van der Waals surface area contributed by atoms with Crippen LogP contribution in [0.15, 0.2) is 48.5 Å². The summed E-state index contributed by atoms with van der Waals surface area (Å²) >= 11 is 0. The fourth-order valence-electron chi connectivity index (χ4n) is 2.75. The number of nitrogens with one attached hydrogen (secondary N) is 1. The van der Waals surface area contributed by atoms with E-state index in [9.17, 15) is 4.79 Å². The topological polar surface area (TPSA) is 38.3 Å². The smallest absolute Gasteiger partial charge is 0.227 e. The number of rotatable bonds is 7. The second-order valence-corrected chi connectivity index (χ2v) is 6.59. The van der Waals surface area contributed by atoms with Gasteiger partial charge in [0.25, 0.3) is 0 Å². The molecule has 0 saturated carbocycles. The Morgan fingerprint density at radius 2 is 1.71 bits per heavy atom. The van der Waals surface area contributed by atoms with E-state index < -0.39 is 0 Å². The van der Waals surface area contributed by atoms with Crippen molar-refractivity contribution in [3.05, 3.63) is 65.2 Å². The van der Waals surface area contributed by atoms with Crippen LogP contribution >= 0.6 is 0 Å². The Morgan fingerprint density at radius 1 is 1.04 bits per heavy atom. The lowest BCUT2D eigenvalue weighted by atomic mass is 9.96. The van der Waals surface area contributed by atoms with E-state index in [4.69, 9.17) is 4.74 Å². The highest BCUT2D eigenvalue weighted by molar-refractivity contribution is 5.83. The van der Waals surface area contributed by atoms with Crippen LogP contribution in [0.1, 0.15) is 43.4 Å². The number of para-hydroxylation sites is 1. The summed E-state index contributed by atoms with van der Waals surface area (Å²) in [7, 11) is 1.64. The molecule has 0 aliphatic carbocycles. The van der Waals surface area contributed by atoms with Crippen molar-refractivity contribution in [1.29, 1.82) is 0 Å². The van der Waals surface area contributed by atoms with Gasteiger partial charge in [-0.05, 0) is 36.5 Å². The van der Waals surface area contributed by atoms with Crippen LogP contribution in [0.3, 0.4) is 0 Å². The predicted molar refractivity (Wildman–Crippen MR) is 98.2 cm³/mol. The third-order valence-electron chi connectivity index (χ3n) is 4.16. The van der Waals surface area contributed by atoms with Gasteiger partial charge in [0, 0.05) is 12.1 Å². The molecular formula is C21H27NO2. The molecule has 1 atom stereocenters. The van der Waals surface area contributed by atoms with Gasteiger partial charge in [0.15, 0.2) is 0 Å². The zero-order valence-electron chi connectivity index (χ0n) is 15.0. The van der Waals surface area contributed by atoms with Gasteiger partial charge in [0.1, 0.15) is 5.75 Å². The van der Waals surface area contributed by atoms with E-state index in [1.807, 2.05) is 31.2 Å². The molecule has 2 rings (SSSR count). The SMILES string of the molecule is COc1ccccc1CNC(=O)C(C)c1ccc(CC(C)C)cc1. The molecule has 3 heteroatoms. The van der Waals surface area contributed by atoms with Gasteiger partial charge < -0.3 is 10.1 Å². The van der Waals surface area contributed by atoms with E-state index in [2.05, 4.69) is 43.4 Å². The van der Waals surface area contributed by atoms with E-state index in [1.54, 1.807) is 7.11 Å². The van der Waals surface area contributed by atoms with Crippen molar-refractivity contribution >= 4 is 5.91 Å². The first kappa shape index (κ1) is 18.1. The maximum atomic E-state index is 12.4. The summed E-state index contributed by atoms with van der Waals surface area (Å²) < 4.78 is 5.32. The summed E-state index contributed by atoms with van der Waals surface area (Å²) in [4.78, 5) is 12.4. The molecule has 128 valence electrons. The molecule has 0 radical (unpaired) electrons. The van der Waals surface area contributed by atoms with Crippen LogP contribution in [-0.2, 0) is 17.8 Å². The van der Waals surface area contributed by atoms with E-state index in [1.165, 1.54) is 5.56 Å². The molecule has 0 bridgehead atoms. The average Bonchev–Trinajstić information content (AvgIpc) is 2.59. The fourth-order valence-corrected chi connectivity index (χ4v) is 2.75. The average molecular weight is 325 g/mol. The molecule has 0 aromatic heterocycles. The molecule has 0 saturated heterocycles. The highest BCUT2D eigenvalue weighted by Gasteiger charge is 2.15. The summed E-state index contributed by atoms with van der Waals surface area (Å²) in [6.07, 6.45) is 1.06. The lowest BCUT2D eigenvalue weighted by Crippen LogP contribution is -2.27. The highest BCUT2D eigenvalue weighted by atomic mass is 16.5. The summed E-state index contributed by atoms with van der Waals surface area (Å²) in [5, 5.41) is 3.00. The normalized spacial score (nSPS) is 12.0. The van der Waals surface area contributed by atoms with Crippen molar-refractivity contribution in [2.75, 3.05) is 7.11 Å². The number of methoxy groups -OCH3 is 1. The number of carbonyl (C=O) groups excluding carboxylic acids is 1. The second-order valence-electron chi connectivity index (χ2n) is 6.59. The van der Waals surface area contributed by atoms with E-state index in [0.29, 0.717) is 12.5 Å². The molecule has 0 aliphatic heterocycles. The van der Waals surface area contributed by atoms with Crippen molar-refractivity contribution in [2.24, 2.45) is 5.92 Å². The van der Waals surface area contributed by atoms with Gasteiger partial charge in [-0.3, -0.25) is 4.79 Å². The Morgan fingerprint density at radius 3 is 2.33 bits per heavy atom. The Bertz CT molecular complexity index is 662. The Hall–Kier alpha value is -2.29. The van der Waals surface area contributed by atoms with Gasteiger partial charge in [-0.15, -0.1) is 0 Å². The minimum absolute atomic E-state index is 0.0255. The number of benzene rings is 2. The molecular weight excluding hydrogens is 298 g/mol. The molecule has 2 aromatic rings. The molecule has 1 unspecified atom stereocenters. The molecule has 2 aromatic carbocycles. The highest BCUT2D eigenvalue weighted by Crippen LogP contribution is 2.20. The molecule has 0 spiro atoms. The van der Waals surface area contributed by atoms with Crippen molar-refractivity contribution in [3.63, 3.8) is 0 Å². The van der Waals surface area contributed by atoms with Crippen molar-refractivity contribution < 1.29 is 9.53 Å². The monoisotopic (exact) mass is 325 g/mol. The van der Waals surface area contributed by atoms with Crippen LogP contribution in [0.4, 0.5) is 0 Å². The number of carbonyl (C=O) groups is 1. The molecule has 24 heavy (non-hydrogen) atoms. The van der Waals surface area contributed by atoms with Gasteiger partial charge in [0.05, 0.1) is 13.0 Å². The zero-order chi connectivity index (χ0) is 17.5. The second kappa shape index (κ2) is 8.53. The van der Waals surface area contributed by atoms with E-state index in [0.717, 1.165) is 23.3 Å². The first-order chi connectivity index (χ1) is 11.5. The summed E-state index contributed by atoms with van der Waals surface area (Å²) in [5.74, 6) is 1.28. The van der Waals surface area contributed by atoms with Crippen LogP contribution in [0.5, 0.6) is 5.75 Å². The van der Waals surface area contributed by atoms with Crippen LogP contribution < -0.4 is 10.1 Å². The van der Waals surface area contributed by atoms with Crippen molar-refractivity contribution in [2.45, 2.75) is 39.7 Å². The van der Waals surface area contributed by atoms with Gasteiger partial charge >= 0.3 is 0 Å². The van der Waals surface area contributed by atoms with E-state index in [-0.39, 0.29) is 11.8 Å². The summed E-state index contributed by atoms with van der Waals surface area (Å²) in [6, 6.07) is 16.1. The minimum Gasteiger partial charge on any atom is -0.496 e. The van der Waals surface area contributed by atoms with E-state index >= 15 is 0 Å². The van der Waals surface area contributed by atoms with Crippen molar-refractivity contribution in [1.82, 2.24) is 5.32 Å². The number of hydrogen-bond donors (Lipinski definition) is 1. The lowest BCUT2D eigenvalue weighted by molar-refractivity contribution is -0.122. The molecule has 0 aliphatic rings. The summed E-state index contributed by atoms with van der Waals surface area (Å²) in [6.45, 7) is 6.83. The zero-order valence-corrected chi connectivity index (χ0v) is 15.0. The number of hydrogen-bond acceptors (Lipinski definition) is 2. The maximum absolute atomic E-state index is 12.4. The van der Waals surface area contributed by atoms with Crippen molar-refractivity contribution in [3.8, 4) is 5.75 Å².